The molecule has 0 unspecified atom stereocenters. The zero-order valence-electron chi connectivity index (χ0n) is 8.32. The number of nitrogens with zero attached hydrogens (tertiary/aromatic N) is 1. The first-order chi connectivity index (χ1) is 7.15. The van der Waals surface area contributed by atoms with E-state index < -0.39 is 4.92 Å². The Morgan fingerprint density at radius 3 is 2.47 bits per heavy atom. The van der Waals surface area contributed by atoms with Crippen LogP contribution in [0.2, 0.25) is 0 Å². The third-order valence-corrected chi connectivity index (χ3v) is 2.51. The van der Waals surface area contributed by atoms with Gasteiger partial charge in [-0.3, -0.25) is 10.1 Å². The zero-order chi connectivity index (χ0) is 11.4. The molecular weight excluding hydrogens is 266 g/mol. The molecule has 1 rings (SSSR count). The molecule has 0 N–H and O–H groups in total. The third-order valence-electron chi connectivity index (χ3n) is 1.95. The summed E-state index contributed by atoms with van der Waals surface area (Å²) in [6.45, 7) is 0. The molecule has 0 saturated carbocycles. The first-order valence-corrected chi connectivity index (χ1v) is 5.22. The second-order valence-corrected chi connectivity index (χ2v) is 3.25. The second-order valence-electron chi connectivity index (χ2n) is 2.69. The summed E-state index contributed by atoms with van der Waals surface area (Å²) < 4.78 is 10.1. The predicted octanol–water partition coefficient (Wildman–Crippen LogP) is 2.51. The van der Waals surface area contributed by atoms with Crippen LogP contribution in [0.3, 0.4) is 0 Å². The molecule has 0 aliphatic carbocycles. The minimum Gasteiger partial charge on any atom is -0.496 e. The van der Waals surface area contributed by atoms with Gasteiger partial charge < -0.3 is 9.47 Å². The fourth-order valence-electron chi connectivity index (χ4n) is 1.29. The van der Waals surface area contributed by atoms with Crippen LogP contribution in [0.1, 0.15) is 5.56 Å². The van der Waals surface area contributed by atoms with Gasteiger partial charge in [0.1, 0.15) is 5.75 Å². The Morgan fingerprint density at radius 2 is 2.07 bits per heavy atom. The van der Waals surface area contributed by atoms with E-state index in [0.717, 1.165) is 0 Å². The smallest absolute Gasteiger partial charge is 0.311 e. The molecule has 15 heavy (non-hydrogen) atoms. The number of nitro benzene ring substituents is 1. The van der Waals surface area contributed by atoms with Crippen LogP contribution in [0, 0.1) is 10.1 Å². The van der Waals surface area contributed by atoms with Crippen LogP contribution in [0.25, 0.3) is 0 Å². The van der Waals surface area contributed by atoms with E-state index in [-0.39, 0.29) is 11.4 Å². The number of alkyl halides is 1. The summed E-state index contributed by atoms with van der Waals surface area (Å²) >= 11 is 3.24. The SMILES string of the molecule is COc1ccc([N+](=O)[O-])c(OC)c1CBr. The van der Waals surface area contributed by atoms with Crippen molar-refractivity contribution < 1.29 is 14.4 Å². The molecule has 0 aromatic heterocycles. The molecule has 0 aliphatic heterocycles. The lowest BCUT2D eigenvalue weighted by Gasteiger charge is -2.10. The van der Waals surface area contributed by atoms with Gasteiger partial charge in [0.15, 0.2) is 0 Å². The topological polar surface area (TPSA) is 61.6 Å². The summed E-state index contributed by atoms with van der Waals surface area (Å²) in [6.07, 6.45) is 0. The second kappa shape index (κ2) is 4.97. The molecule has 1 aromatic rings. The Labute approximate surface area is 95.3 Å². The quantitative estimate of drug-likeness (QED) is 0.481. The van der Waals surface area contributed by atoms with Crippen LogP contribution in [0.15, 0.2) is 12.1 Å². The van der Waals surface area contributed by atoms with Gasteiger partial charge in [0.05, 0.1) is 24.7 Å². The number of hydrogen-bond acceptors (Lipinski definition) is 4. The zero-order valence-corrected chi connectivity index (χ0v) is 9.91. The normalized spacial score (nSPS) is 9.80. The number of nitro groups is 1. The van der Waals surface area contributed by atoms with E-state index in [4.69, 9.17) is 9.47 Å². The van der Waals surface area contributed by atoms with Crippen molar-refractivity contribution >= 4 is 21.6 Å². The highest BCUT2D eigenvalue weighted by molar-refractivity contribution is 9.08. The standard InChI is InChI=1S/C9H10BrNO4/c1-14-8-4-3-7(11(12)13)9(15-2)6(8)5-10/h3-4H,5H2,1-2H3. The first kappa shape index (κ1) is 11.8. The lowest BCUT2D eigenvalue weighted by Crippen LogP contribution is -1.99. The molecule has 1 aromatic carbocycles. The number of rotatable bonds is 4. The predicted molar refractivity (Wildman–Crippen MR) is 58.8 cm³/mol. The molecule has 0 spiro atoms. The van der Waals surface area contributed by atoms with Gasteiger partial charge in [0, 0.05) is 11.4 Å². The average Bonchev–Trinajstić information content (AvgIpc) is 2.26. The van der Waals surface area contributed by atoms with Crippen molar-refractivity contribution in [2.75, 3.05) is 14.2 Å². The highest BCUT2D eigenvalue weighted by Gasteiger charge is 2.21. The molecule has 6 heteroatoms. The molecular formula is C9H10BrNO4. The van der Waals surface area contributed by atoms with E-state index in [1.165, 1.54) is 20.3 Å². The highest BCUT2D eigenvalue weighted by Crippen LogP contribution is 2.38. The van der Waals surface area contributed by atoms with E-state index in [1.54, 1.807) is 6.07 Å². The van der Waals surface area contributed by atoms with Gasteiger partial charge in [0.2, 0.25) is 5.75 Å². The van der Waals surface area contributed by atoms with E-state index >= 15 is 0 Å². The van der Waals surface area contributed by atoms with Crippen molar-refractivity contribution in [3.63, 3.8) is 0 Å². The van der Waals surface area contributed by atoms with Crippen LogP contribution in [0.5, 0.6) is 11.5 Å². The van der Waals surface area contributed by atoms with Gasteiger partial charge in [-0.25, -0.2) is 0 Å². The van der Waals surface area contributed by atoms with Crippen molar-refractivity contribution in [2.45, 2.75) is 5.33 Å². The summed E-state index contributed by atoms with van der Waals surface area (Å²) in [6, 6.07) is 2.92. The van der Waals surface area contributed by atoms with Crippen molar-refractivity contribution in [2.24, 2.45) is 0 Å². The summed E-state index contributed by atoms with van der Waals surface area (Å²) in [5, 5.41) is 11.1. The Hall–Kier alpha value is -1.30. The molecule has 0 amide bonds. The Morgan fingerprint density at radius 1 is 1.40 bits per heavy atom. The van der Waals surface area contributed by atoms with E-state index in [1.807, 2.05) is 0 Å². The van der Waals surface area contributed by atoms with Crippen molar-refractivity contribution in [1.82, 2.24) is 0 Å². The number of halogens is 1. The molecule has 5 nitrogen and oxygen atoms in total. The summed E-state index contributed by atoms with van der Waals surface area (Å²) in [4.78, 5) is 10.2. The minimum absolute atomic E-state index is 0.0623. The monoisotopic (exact) mass is 275 g/mol. The van der Waals surface area contributed by atoms with Crippen LogP contribution in [0.4, 0.5) is 5.69 Å². The average molecular weight is 276 g/mol. The molecule has 0 atom stereocenters. The Kier molecular flexibility index (Phi) is 3.90. The van der Waals surface area contributed by atoms with Crippen LogP contribution in [-0.2, 0) is 5.33 Å². The molecule has 82 valence electrons. The fraction of sp³-hybridized carbons (Fsp3) is 0.333. The van der Waals surface area contributed by atoms with Crippen molar-refractivity contribution in [3.8, 4) is 11.5 Å². The summed E-state index contributed by atoms with van der Waals surface area (Å²) in [5.41, 5.74) is 0.571. The number of hydrogen-bond donors (Lipinski definition) is 0. The lowest BCUT2D eigenvalue weighted by atomic mass is 10.1. The van der Waals surface area contributed by atoms with Crippen LogP contribution < -0.4 is 9.47 Å². The van der Waals surface area contributed by atoms with Gasteiger partial charge >= 0.3 is 5.69 Å². The maximum Gasteiger partial charge on any atom is 0.311 e. The first-order valence-electron chi connectivity index (χ1n) is 4.09. The van der Waals surface area contributed by atoms with Gasteiger partial charge in [-0.05, 0) is 6.07 Å². The lowest BCUT2D eigenvalue weighted by molar-refractivity contribution is -0.385. The van der Waals surface area contributed by atoms with E-state index in [0.29, 0.717) is 16.6 Å². The molecule has 0 fully saturated rings. The van der Waals surface area contributed by atoms with Crippen LogP contribution in [-0.4, -0.2) is 19.1 Å². The highest BCUT2D eigenvalue weighted by atomic mass is 79.9. The van der Waals surface area contributed by atoms with Crippen molar-refractivity contribution in [3.05, 3.63) is 27.8 Å². The maximum absolute atomic E-state index is 10.7. The maximum atomic E-state index is 10.7. The summed E-state index contributed by atoms with van der Waals surface area (Å²) in [5.74, 6) is 0.797. The molecule has 0 radical (unpaired) electrons. The van der Waals surface area contributed by atoms with Crippen LogP contribution >= 0.6 is 15.9 Å². The van der Waals surface area contributed by atoms with Gasteiger partial charge in [-0.15, -0.1) is 0 Å². The fourth-order valence-corrected chi connectivity index (χ4v) is 1.82. The third kappa shape index (κ3) is 2.20. The molecule has 0 aliphatic rings. The van der Waals surface area contributed by atoms with E-state index in [2.05, 4.69) is 15.9 Å². The van der Waals surface area contributed by atoms with E-state index in [9.17, 15) is 10.1 Å². The Bertz CT molecular complexity index is 381. The van der Waals surface area contributed by atoms with Gasteiger partial charge in [-0.2, -0.15) is 0 Å². The number of benzene rings is 1. The largest absolute Gasteiger partial charge is 0.496 e. The number of ether oxygens (including phenoxy) is 2. The number of methoxy groups -OCH3 is 2. The molecule has 0 bridgehead atoms. The molecule has 0 saturated heterocycles. The van der Waals surface area contributed by atoms with Crippen molar-refractivity contribution in [1.29, 1.82) is 0 Å². The van der Waals surface area contributed by atoms with Gasteiger partial charge in [0.25, 0.3) is 0 Å². The molecule has 0 heterocycles. The minimum atomic E-state index is -0.482. The van der Waals surface area contributed by atoms with Gasteiger partial charge in [-0.1, -0.05) is 15.9 Å². The summed E-state index contributed by atoms with van der Waals surface area (Å²) in [7, 11) is 2.90. The Balaban J connectivity index is 3.40.